The van der Waals surface area contributed by atoms with Gasteiger partial charge in [-0.2, -0.15) is 4.68 Å². The van der Waals surface area contributed by atoms with E-state index in [9.17, 15) is 9.18 Å². The Morgan fingerprint density at radius 3 is 2.48 bits per heavy atom. The molecule has 1 fully saturated rings. The molecule has 1 saturated heterocycles. The summed E-state index contributed by atoms with van der Waals surface area (Å²) in [5.74, 6) is 1.02. The number of fused-ring (bicyclic) bond motifs is 1. The number of carbonyl (C=O) groups is 1. The number of ether oxygens (including phenoxy) is 1. The maximum atomic E-state index is 13.2. The number of benzene rings is 3. The maximum Gasteiger partial charge on any atom is 0.260 e. The third-order valence-electron chi connectivity index (χ3n) is 5.78. The zero-order valence-corrected chi connectivity index (χ0v) is 18.0. The van der Waals surface area contributed by atoms with Crippen LogP contribution in [0.25, 0.3) is 16.5 Å². The summed E-state index contributed by atoms with van der Waals surface area (Å²) in [6.45, 7) is 3.19. The average Bonchev–Trinajstić information content (AvgIpc) is 3.31. The molecule has 0 unspecified atom stereocenters. The van der Waals surface area contributed by atoms with Gasteiger partial charge in [0.25, 0.3) is 5.91 Å². The second-order valence-corrected chi connectivity index (χ2v) is 7.94. The van der Waals surface area contributed by atoms with Crippen molar-refractivity contribution in [2.24, 2.45) is 0 Å². The first-order chi connectivity index (χ1) is 16.2. The van der Waals surface area contributed by atoms with Crippen molar-refractivity contribution < 1.29 is 13.9 Å². The molecule has 0 atom stereocenters. The number of amides is 1. The van der Waals surface area contributed by atoms with Crippen molar-refractivity contribution in [3.05, 3.63) is 78.4 Å². The molecule has 1 amide bonds. The van der Waals surface area contributed by atoms with Gasteiger partial charge in [0, 0.05) is 26.2 Å². The molecule has 4 aromatic rings. The Balaban J connectivity index is 1.13. The van der Waals surface area contributed by atoms with E-state index >= 15 is 0 Å². The van der Waals surface area contributed by atoms with Gasteiger partial charge in [0.1, 0.15) is 11.6 Å². The average molecular weight is 446 g/mol. The van der Waals surface area contributed by atoms with Gasteiger partial charge in [-0.15, -0.1) is 5.10 Å². The summed E-state index contributed by atoms with van der Waals surface area (Å²) in [4.78, 5) is 16.7. The topological polar surface area (TPSA) is 76.4 Å². The van der Waals surface area contributed by atoms with E-state index in [1.165, 1.54) is 12.1 Å². The molecule has 5 rings (SSSR count). The molecule has 2 heterocycles. The lowest BCUT2D eigenvalue weighted by atomic mass is 10.1. The van der Waals surface area contributed by atoms with E-state index in [0.29, 0.717) is 50.0 Å². The molecule has 0 spiro atoms. The Bertz CT molecular complexity index is 1250. The van der Waals surface area contributed by atoms with Gasteiger partial charge in [-0.3, -0.25) is 9.69 Å². The summed E-state index contributed by atoms with van der Waals surface area (Å²) in [6, 6.07) is 19.9. The minimum absolute atomic E-state index is 0.0150. The summed E-state index contributed by atoms with van der Waals surface area (Å²) >= 11 is 0. The molecule has 33 heavy (non-hydrogen) atoms. The van der Waals surface area contributed by atoms with Crippen molar-refractivity contribution in [3.8, 4) is 11.4 Å². The van der Waals surface area contributed by atoms with Crippen LogP contribution < -0.4 is 4.74 Å². The third-order valence-corrected chi connectivity index (χ3v) is 5.78. The highest BCUT2D eigenvalue weighted by molar-refractivity contribution is 5.84. The molecule has 8 nitrogen and oxygen atoms in total. The van der Waals surface area contributed by atoms with Gasteiger partial charge in [0.2, 0.25) is 0 Å². The van der Waals surface area contributed by atoms with Gasteiger partial charge in [-0.25, -0.2) is 4.39 Å². The van der Waals surface area contributed by atoms with E-state index in [1.54, 1.807) is 16.8 Å². The molecular weight excluding hydrogens is 423 g/mol. The first-order valence-electron chi connectivity index (χ1n) is 10.8. The Morgan fingerprint density at radius 2 is 1.70 bits per heavy atom. The Hall–Kier alpha value is -3.85. The fourth-order valence-electron chi connectivity index (χ4n) is 3.94. The Kier molecular flexibility index (Phi) is 5.95. The van der Waals surface area contributed by atoms with E-state index in [0.717, 1.165) is 10.8 Å². The predicted molar refractivity (Wildman–Crippen MR) is 120 cm³/mol. The van der Waals surface area contributed by atoms with Gasteiger partial charge < -0.3 is 9.64 Å². The SMILES string of the molecule is O=C(COc1ccc2ccccc2c1)N1CCN(Cc2nnnn2-c2ccc(F)cc2)CC1. The van der Waals surface area contributed by atoms with Crippen molar-refractivity contribution in [2.75, 3.05) is 32.8 Å². The first-order valence-corrected chi connectivity index (χ1v) is 10.8. The van der Waals surface area contributed by atoms with E-state index in [-0.39, 0.29) is 18.3 Å². The van der Waals surface area contributed by atoms with E-state index in [4.69, 9.17) is 4.74 Å². The maximum absolute atomic E-state index is 13.2. The number of hydrogen-bond acceptors (Lipinski definition) is 6. The number of nitrogens with zero attached hydrogens (tertiary/aromatic N) is 6. The first kappa shape index (κ1) is 21.0. The van der Waals surface area contributed by atoms with Crippen LogP contribution in [0.4, 0.5) is 4.39 Å². The van der Waals surface area contributed by atoms with Crippen molar-refractivity contribution in [2.45, 2.75) is 6.54 Å². The van der Waals surface area contributed by atoms with E-state index < -0.39 is 0 Å². The van der Waals surface area contributed by atoms with Crippen molar-refractivity contribution in [1.29, 1.82) is 0 Å². The third kappa shape index (κ3) is 4.83. The summed E-state index contributed by atoms with van der Waals surface area (Å²) < 4.78 is 20.6. The van der Waals surface area contributed by atoms with Crippen LogP contribution in [0.3, 0.4) is 0 Å². The van der Waals surface area contributed by atoms with Gasteiger partial charge in [0.15, 0.2) is 12.4 Å². The quantitative estimate of drug-likeness (QED) is 0.453. The molecule has 0 bridgehead atoms. The molecule has 9 heteroatoms. The van der Waals surface area contributed by atoms with Gasteiger partial charge in [0.05, 0.1) is 12.2 Å². The van der Waals surface area contributed by atoms with E-state index in [1.807, 2.05) is 47.4 Å². The summed E-state index contributed by atoms with van der Waals surface area (Å²) in [5, 5.41) is 14.1. The van der Waals surface area contributed by atoms with Crippen LogP contribution in [0.15, 0.2) is 66.7 Å². The van der Waals surface area contributed by atoms with Crippen LogP contribution in [0.1, 0.15) is 5.82 Å². The number of hydrogen-bond donors (Lipinski definition) is 0. The van der Waals surface area contributed by atoms with Crippen LogP contribution in [0, 0.1) is 5.82 Å². The highest BCUT2D eigenvalue weighted by Crippen LogP contribution is 2.20. The molecule has 3 aromatic carbocycles. The number of carbonyl (C=O) groups excluding carboxylic acids is 1. The number of aromatic nitrogens is 4. The van der Waals surface area contributed by atoms with Crippen molar-refractivity contribution in [1.82, 2.24) is 30.0 Å². The Labute approximate surface area is 190 Å². The van der Waals surface area contributed by atoms with Crippen molar-refractivity contribution in [3.63, 3.8) is 0 Å². The number of piperazine rings is 1. The van der Waals surface area contributed by atoms with Crippen LogP contribution in [0.2, 0.25) is 0 Å². The second-order valence-electron chi connectivity index (χ2n) is 7.94. The van der Waals surface area contributed by atoms with Crippen LogP contribution in [-0.4, -0.2) is 68.7 Å². The smallest absolute Gasteiger partial charge is 0.260 e. The second kappa shape index (κ2) is 9.33. The van der Waals surface area contributed by atoms with Crippen LogP contribution in [-0.2, 0) is 11.3 Å². The molecular formula is C24H23FN6O2. The monoisotopic (exact) mass is 446 g/mol. The normalized spacial score (nSPS) is 14.5. The number of halogens is 1. The lowest BCUT2D eigenvalue weighted by Crippen LogP contribution is -2.49. The minimum Gasteiger partial charge on any atom is -0.484 e. The molecule has 0 aliphatic carbocycles. The van der Waals surface area contributed by atoms with Gasteiger partial charge in [-0.05, 0) is 57.6 Å². The minimum atomic E-state index is -0.307. The zero-order chi connectivity index (χ0) is 22.6. The fraction of sp³-hybridized carbons (Fsp3) is 0.250. The predicted octanol–water partition coefficient (Wildman–Crippen LogP) is 2.68. The molecule has 1 aromatic heterocycles. The van der Waals surface area contributed by atoms with Gasteiger partial charge >= 0.3 is 0 Å². The molecule has 0 N–H and O–H groups in total. The lowest BCUT2D eigenvalue weighted by Gasteiger charge is -2.34. The van der Waals surface area contributed by atoms with Crippen LogP contribution >= 0.6 is 0 Å². The molecule has 0 saturated carbocycles. The number of rotatable bonds is 6. The van der Waals surface area contributed by atoms with Crippen molar-refractivity contribution >= 4 is 16.7 Å². The largest absolute Gasteiger partial charge is 0.484 e. The highest BCUT2D eigenvalue weighted by Gasteiger charge is 2.23. The van der Waals surface area contributed by atoms with Gasteiger partial charge in [-0.1, -0.05) is 30.3 Å². The fourth-order valence-corrected chi connectivity index (χ4v) is 3.94. The van der Waals surface area contributed by atoms with Crippen LogP contribution in [0.5, 0.6) is 5.75 Å². The molecule has 168 valence electrons. The lowest BCUT2D eigenvalue weighted by molar-refractivity contribution is -0.135. The number of tetrazole rings is 1. The molecule has 1 aliphatic rings. The Morgan fingerprint density at radius 1 is 0.939 bits per heavy atom. The summed E-state index contributed by atoms with van der Waals surface area (Å²) in [6.07, 6.45) is 0. The standard InChI is InChI=1S/C24H23FN6O2/c25-20-6-8-21(9-7-20)31-23(26-27-28-31)16-29-11-13-30(14-12-29)24(32)17-33-22-10-5-18-3-1-2-4-19(18)15-22/h1-10,15H,11-14,16-17H2. The summed E-state index contributed by atoms with van der Waals surface area (Å²) in [5.41, 5.74) is 0.705. The molecule has 1 aliphatic heterocycles. The highest BCUT2D eigenvalue weighted by atomic mass is 19.1. The zero-order valence-electron chi connectivity index (χ0n) is 18.0. The summed E-state index contributed by atoms with van der Waals surface area (Å²) in [7, 11) is 0. The van der Waals surface area contributed by atoms with E-state index in [2.05, 4.69) is 20.4 Å². The molecule has 0 radical (unpaired) electrons.